The zero-order chi connectivity index (χ0) is 14.5. The van der Waals surface area contributed by atoms with Crippen molar-refractivity contribution in [3.05, 3.63) is 52.7 Å². The van der Waals surface area contributed by atoms with Crippen LogP contribution in [0.5, 0.6) is 0 Å². The number of pyridine rings is 1. The van der Waals surface area contributed by atoms with E-state index in [0.29, 0.717) is 17.1 Å². The number of aromatic nitrogens is 1. The summed E-state index contributed by atoms with van der Waals surface area (Å²) in [6.07, 6.45) is 1.78. The number of nitrogens with zero attached hydrogens (tertiary/aromatic N) is 3. The van der Waals surface area contributed by atoms with E-state index in [0.717, 1.165) is 17.1 Å². The Morgan fingerprint density at radius 2 is 2.10 bits per heavy atom. The van der Waals surface area contributed by atoms with Crippen molar-refractivity contribution in [2.45, 2.75) is 6.54 Å². The first-order valence-electron chi connectivity index (χ1n) is 6.16. The lowest BCUT2D eigenvalue weighted by Gasteiger charge is -2.13. The van der Waals surface area contributed by atoms with Gasteiger partial charge in [-0.1, -0.05) is 11.6 Å². The second-order valence-corrected chi connectivity index (χ2v) is 5.01. The molecule has 0 fully saturated rings. The molecule has 0 bridgehead atoms. The lowest BCUT2D eigenvalue weighted by atomic mass is 10.2. The van der Waals surface area contributed by atoms with Gasteiger partial charge in [-0.15, -0.1) is 0 Å². The molecule has 0 aliphatic carbocycles. The van der Waals surface area contributed by atoms with Crippen LogP contribution in [0.2, 0.25) is 5.02 Å². The molecule has 0 saturated heterocycles. The Bertz CT molecular complexity index is 647. The molecule has 0 saturated carbocycles. The highest BCUT2D eigenvalue weighted by Gasteiger charge is 2.04. The van der Waals surface area contributed by atoms with Crippen LogP contribution in [0.3, 0.4) is 0 Å². The molecule has 1 aromatic heterocycles. The average Bonchev–Trinajstić information content (AvgIpc) is 2.46. The Balaban J connectivity index is 2.13. The molecule has 0 atom stereocenters. The highest BCUT2D eigenvalue weighted by Crippen LogP contribution is 2.20. The summed E-state index contributed by atoms with van der Waals surface area (Å²) >= 11 is 5.88. The van der Waals surface area contributed by atoms with Crippen molar-refractivity contribution in [1.82, 2.24) is 4.98 Å². The van der Waals surface area contributed by atoms with Crippen molar-refractivity contribution < 1.29 is 0 Å². The number of anilines is 2. The molecule has 4 nitrogen and oxygen atoms in total. The van der Waals surface area contributed by atoms with Gasteiger partial charge in [-0.05, 0) is 35.9 Å². The van der Waals surface area contributed by atoms with Gasteiger partial charge in [-0.2, -0.15) is 5.26 Å². The van der Waals surface area contributed by atoms with E-state index in [1.807, 2.05) is 37.2 Å². The number of nitrogens with one attached hydrogen (secondary N) is 1. The van der Waals surface area contributed by atoms with Gasteiger partial charge in [0.2, 0.25) is 0 Å². The van der Waals surface area contributed by atoms with Crippen LogP contribution in [0.4, 0.5) is 11.5 Å². The fourth-order valence-corrected chi connectivity index (χ4v) is 1.95. The molecule has 0 aliphatic rings. The molecule has 0 amide bonds. The molecule has 1 heterocycles. The first kappa shape index (κ1) is 14.2. The Kier molecular flexibility index (Phi) is 4.44. The van der Waals surface area contributed by atoms with Crippen LogP contribution in [-0.2, 0) is 6.54 Å². The maximum atomic E-state index is 9.09. The summed E-state index contributed by atoms with van der Waals surface area (Å²) in [7, 11) is 3.90. The summed E-state index contributed by atoms with van der Waals surface area (Å²) in [6, 6.07) is 11.3. The van der Waals surface area contributed by atoms with Crippen molar-refractivity contribution in [3.63, 3.8) is 0 Å². The lowest BCUT2D eigenvalue weighted by molar-refractivity contribution is 1.04. The second-order valence-electron chi connectivity index (χ2n) is 4.57. The van der Waals surface area contributed by atoms with Crippen molar-refractivity contribution in [1.29, 1.82) is 5.26 Å². The van der Waals surface area contributed by atoms with E-state index in [9.17, 15) is 0 Å². The van der Waals surface area contributed by atoms with Crippen LogP contribution < -0.4 is 10.2 Å². The molecule has 1 N–H and O–H groups in total. The smallest absolute Gasteiger partial charge is 0.128 e. The van der Waals surface area contributed by atoms with Gasteiger partial charge in [0.1, 0.15) is 11.9 Å². The lowest BCUT2D eigenvalue weighted by Crippen LogP contribution is -2.11. The van der Waals surface area contributed by atoms with Crippen LogP contribution in [0.15, 0.2) is 36.5 Å². The second kappa shape index (κ2) is 6.27. The molecule has 0 unspecified atom stereocenters. The van der Waals surface area contributed by atoms with Gasteiger partial charge in [-0.25, -0.2) is 4.98 Å². The summed E-state index contributed by atoms with van der Waals surface area (Å²) in [5, 5.41) is 12.9. The minimum Gasteiger partial charge on any atom is -0.380 e. The predicted octanol–water partition coefficient (Wildman–Crippen LogP) is 3.28. The van der Waals surface area contributed by atoms with Crippen molar-refractivity contribution in [2.24, 2.45) is 0 Å². The maximum Gasteiger partial charge on any atom is 0.128 e. The van der Waals surface area contributed by atoms with Gasteiger partial charge >= 0.3 is 0 Å². The predicted molar refractivity (Wildman–Crippen MR) is 82.1 cm³/mol. The van der Waals surface area contributed by atoms with Gasteiger partial charge < -0.3 is 10.2 Å². The van der Waals surface area contributed by atoms with E-state index in [1.165, 1.54) is 0 Å². The van der Waals surface area contributed by atoms with E-state index >= 15 is 0 Å². The molecule has 0 aliphatic heterocycles. The molecule has 5 heteroatoms. The fourth-order valence-electron chi connectivity index (χ4n) is 1.78. The van der Waals surface area contributed by atoms with Gasteiger partial charge in [0, 0.05) is 31.9 Å². The molecule has 2 rings (SSSR count). The number of nitriles is 1. The minimum absolute atomic E-state index is 0.541. The first-order valence-corrected chi connectivity index (χ1v) is 6.53. The molecule has 102 valence electrons. The Hall–Kier alpha value is -2.25. The Morgan fingerprint density at radius 3 is 2.80 bits per heavy atom. The SMILES string of the molecule is CN(C)c1cc(CNc2ccc(Cl)cc2C#N)ccn1. The minimum atomic E-state index is 0.541. The normalized spacial score (nSPS) is 9.90. The van der Waals surface area contributed by atoms with Crippen LogP contribution >= 0.6 is 11.6 Å². The van der Waals surface area contributed by atoms with Crippen molar-refractivity contribution in [2.75, 3.05) is 24.3 Å². The third-order valence-corrected chi connectivity index (χ3v) is 3.09. The number of hydrogen-bond acceptors (Lipinski definition) is 4. The average molecular weight is 287 g/mol. The Morgan fingerprint density at radius 1 is 1.30 bits per heavy atom. The molecular formula is C15H15ClN4. The largest absolute Gasteiger partial charge is 0.380 e. The molecular weight excluding hydrogens is 272 g/mol. The van der Waals surface area contributed by atoms with Gasteiger partial charge in [0.15, 0.2) is 0 Å². The van der Waals surface area contributed by atoms with E-state index in [4.69, 9.17) is 16.9 Å². The van der Waals surface area contributed by atoms with E-state index in [-0.39, 0.29) is 0 Å². The van der Waals surface area contributed by atoms with Gasteiger partial charge in [0.25, 0.3) is 0 Å². The standard InChI is InChI=1S/C15H15ClN4/c1-20(2)15-7-11(5-6-18-15)10-19-14-4-3-13(16)8-12(14)9-17/h3-8,19H,10H2,1-2H3. The quantitative estimate of drug-likeness (QED) is 0.937. The number of halogens is 1. The molecule has 0 radical (unpaired) electrons. The summed E-state index contributed by atoms with van der Waals surface area (Å²) in [5.41, 5.74) is 2.42. The van der Waals surface area contributed by atoms with Crippen molar-refractivity contribution in [3.8, 4) is 6.07 Å². The molecule has 1 aromatic carbocycles. The third kappa shape index (κ3) is 3.40. The highest BCUT2D eigenvalue weighted by atomic mass is 35.5. The zero-order valence-electron chi connectivity index (χ0n) is 11.4. The van der Waals surface area contributed by atoms with E-state index in [2.05, 4.69) is 16.4 Å². The summed E-state index contributed by atoms with van der Waals surface area (Å²) in [4.78, 5) is 6.22. The molecule has 20 heavy (non-hydrogen) atoms. The summed E-state index contributed by atoms with van der Waals surface area (Å²) in [6.45, 7) is 0.625. The maximum absolute atomic E-state index is 9.09. The number of benzene rings is 1. The van der Waals surface area contributed by atoms with Gasteiger partial charge in [-0.3, -0.25) is 0 Å². The highest BCUT2D eigenvalue weighted by molar-refractivity contribution is 6.30. The first-order chi connectivity index (χ1) is 9.60. The summed E-state index contributed by atoms with van der Waals surface area (Å²) in [5.74, 6) is 0.904. The van der Waals surface area contributed by atoms with Crippen LogP contribution in [0.25, 0.3) is 0 Å². The van der Waals surface area contributed by atoms with Crippen molar-refractivity contribution >= 4 is 23.1 Å². The topological polar surface area (TPSA) is 52.0 Å². The van der Waals surface area contributed by atoms with Crippen LogP contribution in [-0.4, -0.2) is 19.1 Å². The Labute approximate surface area is 123 Å². The molecule has 2 aromatic rings. The van der Waals surface area contributed by atoms with E-state index in [1.54, 1.807) is 18.3 Å². The third-order valence-electron chi connectivity index (χ3n) is 2.85. The monoisotopic (exact) mass is 286 g/mol. The number of rotatable bonds is 4. The summed E-state index contributed by atoms with van der Waals surface area (Å²) < 4.78 is 0. The number of hydrogen-bond donors (Lipinski definition) is 1. The van der Waals surface area contributed by atoms with E-state index < -0.39 is 0 Å². The molecule has 0 spiro atoms. The fraction of sp³-hybridized carbons (Fsp3) is 0.200. The van der Waals surface area contributed by atoms with Gasteiger partial charge in [0.05, 0.1) is 11.3 Å². The van der Waals surface area contributed by atoms with Crippen LogP contribution in [0.1, 0.15) is 11.1 Å². The van der Waals surface area contributed by atoms with Crippen LogP contribution in [0, 0.1) is 11.3 Å². The zero-order valence-corrected chi connectivity index (χ0v) is 12.1.